The second-order valence-electron chi connectivity index (χ2n) is 36.1. The molecule has 27 aromatic rings. The number of hydrogen-bond donors (Lipinski definition) is 1. The van der Waals surface area contributed by atoms with Gasteiger partial charge in [0, 0.05) is 22.5 Å². The largest absolute Gasteiger partial charge is 0.292 e. The lowest BCUT2D eigenvalue weighted by Gasteiger charge is -2.19. The summed E-state index contributed by atoms with van der Waals surface area (Å²) in [7, 11) is 0. The van der Waals surface area contributed by atoms with Gasteiger partial charge >= 0.3 is 0 Å². The molecule has 6 heteroatoms. The van der Waals surface area contributed by atoms with Crippen molar-refractivity contribution >= 4 is 109 Å². The molecule has 3 heterocycles. The third kappa shape index (κ3) is 15.2. The van der Waals surface area contributed by atoms with Crippen LogP contribution in [0.25, 0.3) is 249 Å². The first-order chi connectivity index (χ1) is 69.4. The molecule has 656 valence electrons. The van der Waals surface area contributed by atoms with Gasteiger partial charge in [-0.1, -0.05) is 430 Å². The van der Waals surface area contributed by atoms with Gasteiger partial charge in [0.25, 0.3) is 5.82 Å². The molecule has 0 spiro atoms. The van der Waals surface area contributed by atoms with Crippen LogP contribution in [0.2, 0.25) is 0 Å². The Morgan fingerprint density at radius 2 is 0.514 bits per heavy atom. The molecular weight excluding hydrogens is 1690 g/mol. The third-order valence-electron chi connectivity index (χ3n) is 27.7. The second-order valence-corrected chi connectivity index (χ2v) is 36.1. The van der Waals surface area contributed by atoms with E-state index in [4.69, 9.17) is 9.97 Å². The highest BCUT2D eigenvalue weighted by Crippen LogP contribution is 2.50. The molecule has 6 nitrogen and oxygen atoms in total. The number of nitrogens with zero attached hydrogens (tertiary/aromatic N) is 5. The number of aromatic amines is 1. The second kappa shape index (κ2) is 36.0. The fourth-order valence-corrected chi connectivity index (χ4v) is 21.3. The molecular formula is C134H91N6+. The number of aromatic nitrogens is 6. The monoisotopic (exact) mass is 1780 g/mol. The van der Waals surface area contributed by atoms with Crippen molar-refractivity contribution in [3.63, 3.8) is 0 Å². The van der Waals surface area contributed by atoms with Gasteiger partial charge in [0.05, 0.1) is 27.6 Å². The first kappa shape index (κ1) is 83.3. The minimum Gasteiger partial charge on any atom is -0.292 e. The normalized spacial score (nSPS) is 11.5. The van der Waals surface area contributed by atoms with Crippen LogP contribution in [-0.4, -0.2) is 24.1 Å². The van der Waals surface area contributed by atoms with Gasteiger partial charge in [0.2, 0.25) is 0 Å². The van der Waals surface area contributed by atoms with Gasteiger partial charge in [-0.15, -0.1) is 0 Å². The van der Waals surface area contributed by atoms with Gasteiger partial charge in [0.1, 0.15) is 17.3 Å². The lowest BCUT2D eigenvalue weighted by atomic mass is 9.84. The Morgan fingerprint density at radius 1 is 0.200 bits per heavy atom. The summed E-state index contributed by atoms with van der Waals surface area (Å²) in [4.78, 5) is 13.9. The molecule has 0 aliphatic rings. The number of H-pyrrole nitrogens is 1. The van der Waals surface area contributed by atoms with E-state index in [1.54, 1.807) is 0 Å². The molecule has 0 aliphatic heterocycles. The summed E-state index contributed by atoms with van der Waals surface area (Å²) in [5, 5.41) is 17.5. The first-order valence-corrected chi connectivity index (χ1v) is 48.0. The van der Waals surface area contributed by atoms with Gasteiger partial charge in [-0.05, 0) is 274 Å². The number of nitrogens with one attached hydrogen (secondary N) is 1. The van der Waals surface area contributed by atoms with Crippen molar-refractivity contribution in [2.75, 3.05) is 0 Å². The Kier molecular flexibility index (Phi) is 21.5. The Morgan fingerprint density at radius 3 is 1.03 bits per heavy atom. The van der Waals surface area contributed by atoms with E-state index in [9.17, 15) is 0 Å². The number of aryl methyl sites for hydroxylation is 1. The molecule has 0 saturated heterocycles. The number of fused-ring (bicyclic) bond motifs is 10. The predicted octanol–water partition coefficient (Wildman–Crippen LogP) is 35.2. The molecule has 0 aliphatic carbocycles. The molecule has 0 radical (unpaired) electrons. The number of imidazole rings is 3. The Labute approximate surface area is 811 Å². The zero-order valence-corrected chi connectivity index (χ0v) is 77.0. The van der Waals surface area contributed by atoms with Crippen LogP contribution in [0.3, 0.4) is 0 Å². The van der Waals surface area contributed by atoms with E-state index < -0.39 is 0 Å². The standard InChI is InChI=1S/C49H32N2.C45H30N2.C40H28N2/c1-3-14-35(15-4-1)47-41-19-9-10-20-42(41)48(39-24-23-33-13-7-8-18-37(33)31-39)43-30-27-38(32-44(43)47)34-25-28-40(29-26-34)51-46-22-12-11-21-45(46)50-49(51)36-16-5-2-6-17-36;1-4-14-31(15-5-1)32-24-26-34(27-25-32)43-37-20-10-11-21-38(37)44(33-16-6-2-7-17-33)40-30-35(28-29-39(40)43)45-46-41-22-12-13-23-42(41)47(45)36-18-8-3-9-19-36;1-27-20-25-34-35(26-27)39(33-17-9-8-16-32(33)38(34)28-12-4-2-5-13-28)29-21-23-31(24-22-29)42-37-19-11-10-18-36(37)41-40(42)30-14-6-3-7-15-30/h1-32H;1-30H;2-26H,1H3/p+1. The van der Waals surface area contributed by atoms with E-state index in [2.05, 4.69) is 547 Å². The first-order valence-electron chi connectivity index (χ1n) is 48.0. The Bertz CT molecular complexity index is 9360. The summed E-state index contributed by atoms with van der Waals surface area (Å²) in [5.74, 6) is 2.94. The third-order valence-corrected chi connectivity index (χ3v) is 27.7. The van der Waals surface area contributed by atoms with Crippen molar-refractivity contribution in [2.24, 2.45) is 0 Å². The Hall–Kier alpha value is -18.5. The van der Waals surface area contributed by atoms with Crippen LogP contribution in [0.4, 0.5) is 0 Å². The minimum absolute atomic E-state index is 0.931. The van der Waals surface area contributed by atoms with E-state index in [1.165, 1.54) is 170 Å². The molecule has 1 N–H and O–H groups in total. The van der Waals surface area contributed by atoms with Crippen LogP contribution >= 0.6 is 0 Å². The summed E-state index contributed by atoms with van der Waals surface area (Å²) in [5.41, 5.74) is 34.0. The van der Waals surface area contributed by atoms with Gasteiger partial charge in [-0.25, -0.2) is 15.0 Å². The number of rotatable bonds is 14. The highest BCUT2D eigenvalue weighted by Gasteiger charge is 2.27. The lowest BCUT2D eigenvalue weighted by molar-refractivity contribution is -0.554. The smallest absolute Gasteiger partial charge is 0.292 e. The lowest BCUT2D eigenvalue weighted by Crippen LogP contribution is -2.31. The van der Waals surface area contributed by atoms with Crippen LogP contribution in [-0.2, 0) is 0 Å². The number of benzene rings is 24. The fourth-order valence-electron chi connectivity index (χ4n) is 21.3. The maximum Gasteiger partial charge on any atom is 0.292 e. The maximum atomic E-state index is 5.21. The molecule has 0 unspecified atom stereocenters. The molecule has 0 amide bonds. The van der Waals surface area contributed by atoms with Crippen molar-refractivity contribution in [1.29, 1.82) is 0 Å². The van der Waals surface area contributed by atoms with Crippen molar-refractivity contribution in [1.82, 2.24) is 24.1 Å². The van der Waals surface area contributed by atoms with E-state index >= 15 is 0 Å². The Balaban J connectivity index is 0.000000111. The number of para-hydroxylation sites is 7. The summed E-state index contributed by atoms with van der Waals surface area (Å²) in [6, 6.07) is 190. The molecule has 0 bridgehead atoms. The summed E-state index contributed by atoms with van der Waals surface area (Å²) >= 11 is 0. The molecule has 27 rings (SSSR count). The van der Waals surface area contributed by atoms with Crippen molar-refractivity contribution < 1.29 is 4.57 Å². The fraction of sp³-hybridized carbons (Fsp3) is 0.00746. The van der Waals surface area contributed by atoms with E-state index in [0.29, 0.717) is 0 Å². The van der Waals surface area contributed by atoms with E-state index in [0.717, 1.165) is 84.3 Å². The molecule has 140 heavy (non-hydrogen) atoms. The maximum absolute atomic E-state index is 5.21. The summed E-state index contributed by atoms with van der Waals surface area (Å²) in [6.45, 7) is 2.18. The van der Waals surface area contributed by atoms with Gasteiger partial charge in [0.15, 0.2) is 11.0 Å². The van der Waals surface area contributed by atoms with E-state index in [1.807, 2.05) is 6.07 Å². The zero-order valence-electron chi connectivity index (χ0n) is 77.0. The molecule has 24 aromatic carbocycles. The van der Waals surface area contributed by atoms with Crippen LogP contribution in [0.15, 0.2) is 528 Å². The van der Waals surface area contributed by atoms with Gasteiger partial charge in [-0.3, -0.25) is 9.13 Å². The molecule has 0 atom stereocenters. The molecule has 3 aromatic heterocycles. The van der Waals surface area contributed by atoms with Crippen molar-refractivity contribution in [3.05, 3.63) is 533 Å². The van der Waals surface area contributed by atoms with Crippen molar-refractivity contribution in [3.8, 4) is 140 Å². The summed E-state index contributed by atoms with van der Waals surface area (Å²) < 4.78 is 6.88. The quantitative estimate of drug-likeness (QED) is 0.0871. The van der Waals surface area contributed by atoms with Crippen LogP contribution in [0.5, 0.6) is 0 Å². The van der Waals surface area contributed by atoms with Crippen LogP contribution in [0, 0.1) is 6.92 Å². The van der Waals surface area contributed by atoms with Gasteiger partial charge < -0.3 is 0 Å². The molecule has 0 fully saturated rings. The van der Waals surface area contributed by atoms with Crippen molar-refractivity contribution in [2.45, 2.75) is 6.92 Å². The number of hydrogen-bond acceptors (Lipinski definition) is 2. The minimum atomic E-state index is 0.931. The topological polar surface area (TPSA) is 55.3 Å². The van der Waals surface area contributed by atoms with E-state index in [-0.39, 0.29) is 0 Å². The van der Waals surface area contributed by atoms with Crippen LogP contribution < -0.4 is 4.57 Å². The highest BCUT2D eigenvalue weighted by atomic mass is 15.1. The van der Waals surface area contributed by atoms with Gasteiger partial charge in [-0.2, -0.15) is 4.57 Å². The summed E-state index contributed by atoms with van der Waals surface area (Å²) in [6.07, 6.45) is 0. The molecule has 0 saturated carbocycles. The highest BCUT2D eigenvalue weighted by molar-refractivity contribution is 6.25. The van der Waals surface area contributed by atoms with Crippen LogP contribution in [0.1, 0.15) is 5.56 Å². The predicted molar refractivity (Wildman–Crippen MR) is 589 cm³/mol. The SMILES string of the molecule is Cc1ccc2c(-c3ccccc3)c3ccccc3c(-c3ccc(-n4c(-c5ccccc5)nc5ccccc54)cc3)c2c1.c1ccc(-c2c3ccccc3c(-c3ccc4ccccc4c3)c3ccc(-c4ccc(-[n+]5c(-c6ccccc6)[nH]c6ccccc65)cc4)cc23)cc1.c1ccc(-c2ccc(-c3c4ccccc4c(-c4ccccc4)c4cc(-c5nc6ccccc6n5-c5ccccc5)ccc34)cc2)cc1. The average molecular weight is 1790 g/mol. The zero-order chi connectivity index (χ0) is 92.9. The average Bonchev–Trinajstić information content (AvgIpc) is 0.967.